The highest BCUT2D eigenvalue weighted by molar-refractivity contribution is 7.85. The third kappa shape index (κ3) is 2.05. The van der Waals surface area contributed by atoms with Crippen LogP contribution >= 0.6 is 7.14 Å². The molecule has 0 radical (unpaired) electrons. The van der Waals surface area contributed by atoms with E-state index in [4.69, 9.17) is 0 Å². The van der Waals surface area contributed by atoms with Crippen molar-refractivity contribution in [3.8, 4) is 5.75 Å². The Morgan fingerprint density at radius 3 is 2.48 bits per heavy atom. The summed E-state index contributed by atoms with van der Waals surface area (Å²) in [5.41, 5.74) is 0.638. The van der Waals surface area contributed by atoms with Crippen molar-refractivity contribution >= 4 is 35.3 Å². The van der Waals surface area contributed by atoms with E-state index in [1.54, 1.807) is 18.2 Å². The van der Waals surface area contributed by atoms with Crippen molar-refractivity contribution < 1.29 is 9.67 Å². The molecule has 3 aromatic carbocycles. The zero-order valence-electron chi connectivity index (χ0n) is 12.3. The van der Waals surface area contributed by atoms with E-state index in [0.717, 1.165) is 10.5 Å². The number of hydrogen-bond donors (Lipinski definition) is 1. The van der Waals surface area contributed by atoms with Gasteiger partial charge in [-0.1, -0.05) is 43.0 Å². The Bertz CT molecular complexity index is 1070. The van der Waals surface area contributed by atoms with Crippen LogP contribution in [-0.2, 0) is 4.57 Å². The minimum Gasteiger partial charge on any atom is -0.508 e. The molecule has 0 aliphatic carbocycles. The van der Waals surface area contributed by atoms with Crippen molar-refractivity contribution in [1.82, 2.24) is 0 Å². The van der Waals surface area contributed by atoms with Crippen LogP contribution in [0.3, 0.4) is 0 Å². The van der Waals surface area contributed by atoms with E-state index in [0.29, 0.717) is 21.7 Å². The molecule has 0 fully saturated rings. The lowest BCUT2D eigenvalue weighted by atomic mass is 10.2. The quantitative estimate of drug-likeness (QED) is 0.543. The predicted octanol–water partition coefficient (Wildman–Crippen LogP) is 1.71. The molecule has 1 atom stereocenters. The molecule has 23 heavy (non-hydrogen) atoms. The number of fused-ring (bicyclic) bond motifs is 2. The van der Waals surface area contributed by atoms with Crippen molar-refractivity contribution in [3.05, 3.63) is 77.3 Å². The second kappa shape index (κ2) is 4.94. The maximum Gasteiger partial charge on any atom is 0.175 e. The van der Waals surface area contributed by atoms with Gasteiger partial charge in [-0.15, -0.1) is 0 Å². The Labute approximate surface area is 133 Å². The van der Waals surface area contributed by atoms with E-state index in [1.807, 2.05) is 48.5 Å². The zero-order chi connectivity index (χ0) is 16.0. The SMILES string of the molecule is C=c1ccc2c(c1)P(=O)(c1ccccc1)c1cc(O)ccc1N=2. The van der Waals surface area contributed by atoms with Crippen molar-refractivity contribution in [2.45, 2.75) is 0 Å². The van der Waals surface area contributed by atoms with E-state index in [2.05, 4.69) is 11.6 Å². The molecule has 0 bridgehead atoms. The molecule has 1 aliphatic rings. The van der Waals surface area contributed by atoms with Gasteiger partial charge in [-0.2, -0.15) is 0 Å². The van der Waals surface area contributed by atoms with Gasteiger partial charge in [0, 0.05) is 15.9 Å². The minimum absolute atomic E-state index is 0.0873. The summed E-state index contributed by atoms with van der Waals surface area (Å²) in [5.74, 6) is 0.0873. The van der Waals surface area contributed by atoms with Crippen LogP contribution in [-0.4, -0.2) is 5.11 Å². The molecule has 1 unspecified atom stereocenters. The molecular formula is C19H14NO2P. The predicted molar refractivity (Wildman–Crippen MR) is 93.5 cm³/mol. The average molecular weight is 319 g/mol. The largest absolute Gasteiger partial charge is 0.508 e. The van der Waals surface area contributed by atoms with Crippen LogP contribution in [0.1, 0.15) is 0 Å². The molecule has 1 heterocycles. The summed E-state index contributed by atoms with van der Waals surface area (Å²) in [6.45, 7) is 3.95. The highest BCUT2D eigenvalue weighted by atomic mass is 31.2. The maximum atomic E-state index is 14.2. The third-order valence-electron chi connectivity index (χ3n) is 4.04. The number of rotatable bonds is 1. The number of aromatic hydroxyl groups is 1. The first-order valence-electron chi connectivity index (χ1n) is 7.26. The smallest absolute Gasteiger partial charge is 0.175 e. The highest BCUT2D eigenvalue weighted by Gasteiger charge is 2.36. The van der Waals surface area contributed by atoms with Crippen molar-refractivity contribution in [2.24, 2.45) is 4.99 Å². The standard InChI is InChI=1S/C19H14NO2P/c1-13-7-9-16-18(11-13)23(22,15-5-3-2-4-6-15)19-12-14(21)8-10-17(19)20-16/h2-12,21H,1H2. The van der Waals surface area contributed by atoms with Crippen molar-refractivity contribution in [1.29, 1.82) is 0 Å². The second-order valence-corrected chi connectivity index (χ2v) is 8.25. The molecule has 0 saturated heterocycles. The third-order valence-corrected chi connectivity index (χ3v) is 7.14. The summed E-state index contributed by atoms with van der Waals surface area (Å²) >= 11 is 0. The maximum absolute atomic E-state index is 14.2. The number of nitrogens with zero attached hydrogens (tertiary/aromatic N) is 1. The zero-order valence-corrected chi connectivity index (χ0v) is 13.2. The highest BCUT2D eigenvalue weighted by Crippen LogP contribution is 2.46. The summed E-state index contributed by atoms with van der Waals surface area (Å²) in [5, 5.41) is 13.4. The molecule has 0 aromatic heterocycles. The van der Waals surface area contributed by atoms with Gasteiger partial charge in [0.1, 0.15) is 5.75 Å². The van der Waals surface area contributed by atoms with Gasteiger partial charge in [-0.05, 0) is 35.6 Å². The lowest BCUT2D eigenvalue weighted by Gasteiger charge is -2.24. The van der Waals surface area contributed by atoms with Gasteiger partial charge < -0.3 is 9.67 Å². The van der Waals surface area contributed by atoms with Crippen LogP contribution in [0, 0.1) is 0 Å². The number of phenols is 1. The van der Waals surface area contributed by atoms with Gasteiger partial charge in [0.25, 0.3) is 0 Å². The Kier molecular flexibility index (Phi) is 3.00. The molecular weight excluding hydrogens is 305 g/mol. The summed E-state index contributed by atoms with van der Waals surface area (Å²) < 4.78 is 14.2. The minimum atomic E-state index is -3.09. The second-order valence-electron chi connectivity index (χ2n) is 5.55. The monoisotopic (exact) mass is 319 g/mol. The fourth-order valence-electron chi connectivity index (χ4n) is 2.95. The summed E-state index contributed by atoms with van der Waals surface area (Å²) in [7, 11) is -3.09. The average Bonchev–Trinajstić information content (AvgIpc) is 2.57. The van der Waals surface area contributed by atoms with Crippen LogP contribution in [0.25, 0.3) is 6.58 Å². The first-order valence-corrected chi connectivity index (χ1v) is 8.97. The topological polar surface area (TPSA) is 49.7 Å². The molecule has 1 N–H and O–H groups in total. The van der Waals surface area contributed by atoms with Crippen LogP contribution in [0.15, 0.2) is 71.7 Å². The van der Waals surface area contributed by atoms with Gasteiger partial charge in [-0.3, -0.25) is 0 Å². The first kappa shape index (κ1) is 14.0. The molecule has 4 rings (SSSR count). The molecule has 0 saturated carbocycles. The molecule has 4 heteroatoms. The lowest BCUT2D eigenvalue weighted by Crippen LogP contribution is -2.39. The fraction of sp³-hybridized carbons (Fsp3) is 0. The van der Waals surface area contributed by atoms with Crippen LogP contribution < -0.4 is 26.5 Å². The van der Waals surface area contributed by atoms with E-state index in [1.165, 1.54) is 0 Å². The summed E-state index contributed by atoms with van der Waals surface area (Å²) in [6.07, 6.45) is 0. The first-order chi connectivity index (χ1) is 11.1. The fourth-order valence-corrected chi connectivity index (χ4v) is 5.91. The number of phenolic OH excluding ortho intramolecular Hbond substituents is 1. The van der Waals surface area contributed by atoms with Gasteiger partial charge >= 0.3 is 0 Å². The van der Waals surface area contributed by atoms with E-state index >= 15 is 0 Å². The Balaban J connectivity index is 2.20. The van der Waals surface area contributed by atoms with Crippen LogP contribution in [0.4, 0.5) is 5.69 Å². The van der Waals surface area contributed by atoms with Crippen LogP contribution in [0.2, 0.25) is 0 Å². The van der Waals surface area contributed by atoms with E-state index < -0.39 is 7.14 Å². The molecule has 0 amide bonds. The van der Waals surface area contributed by atoms with Crippen molar-refractivity contribution in [2.75, 3.05) is 0 Å². The normalized spacial score (nSPS) is 18.6. The molecule has 112 valence electrons. The summed E-state index contributed by atoms with van der Waals surface area (Å²) in [6, 6.07) is 19.7. The van der Waals surface area contributed by atoms with Gasteiger partial charge in [0.05, 0.1) is 11.0 Å². The van der Waals surface area contributed by atoms with Gasteiger partial charge in [0.15, 0.2) is 7.14 Å². The Morgan fingerprint density at radius 2 is 1.70 bits per heavy atom. The Morgan fingerprint density at radius 1 is 0.913 bits per heavy atom. The molecule has 0 spiro atoms. The van der Waals surface area contributed by atoms with Crippen LogP contribution in [0.5, 0.6) is 5.75 Å². The van der Waals surface area contributed by atoms with Crippen molar-refractivity contribution in [3.63, 3.8) is 0 Å². The van der Waals surface area contributed by atoms with E-state index in [9.17, 15) is 9.67 Å². The van der Waals surface area contributed by atoms with Gasteiger partial charge in [-0.25, -0.2) is 4.99 Å². The lowest BCUT2D eigenvalue weighted by molar-refractivity contribution is 0.476. The number of hydrogen-bond acceptors (Lipinski definition) is 3. The van der Waals surface area contributed by atoms with Gasteiger partial charge in [0.2, 0.25) is 0 Å². The molecule has 1 aliphatic heterocycles. The van der Waals surface area contributed by atoms with E-state index in [-0.39, 0.29) is 5.75 Å². The molecule has 3 nitrogen and oxygen atoms in total. The number of benzene rings is 3. The Hall–Kier alpha value is -2.64. The molecule has 3 aromatic rings. The summed E-state index contributed by atoms with van der Waals surface area (Å²) in [4.78, 5) is 4.60.